The smallest absolute Gasteiger partial charge is 0.268 e. The van der Waals surface area contributed by atoms with Gasteiger partial charge in [0, 0.05) is 44.3 Å². The number of nitrogens with zero attached hydrogens (tertiary/aromatic N) is 2. The Labute approximate surface area is 166 Å². The second-order valence-corrected chi connectivity index (χ2v) is 8.32. The van der Waals surface area contributed by atoms with E-state index >= 15 is 0 Å². The van der Waals surface area contributed by atoms with Gasteiger partial charge >= 0.3 is 0 Å². The van der Waals surface area contributed by atoms with Crippen LogP contribution in [-0.4, -0.2) is 52.1 Å². The van der Waals surface area contributed by atoms with E-state index in [1.165, 1.54) is 5.56 Å². The predicted octanol–water partition coefficient (Wildman–Crippen LogP) is 2.97. The van der Waals surface area contributed by atoms with Crippen LogP contribution in [0.2, 0.25) is 0 Å². The maximum Gasteiger partial charge on any atom is 0.268 e. The number of likely N-dealkylation sites (tertiary alicyclic amines) is 1. The minimum atomic E-state index is -0.0403. The third-order valence-electron chi connectivity index (χ3n) is 6.10. The molecule has 2 saturated heterocycles. The van der Waals surface area contributed by atoms with E-state index in [0.29, 0.717) is 12.2 Å². The number of carbonyl (C=O) groups excluding carboxylic acids is 1. The zero-order chi connectivity index (χ0) is 19.6. The van der Waals surface area contributed by atoms with Crippen molar-refractivity contribution in [2.45, 2.75) is 57.8 Å². The summed E-state index contributed by atoms with van der Waals surface area (Å²) in [7, 11) is 0. The van der Waals surface area contributed by atoms with Gasteiger partial charge in [0.2, 0.25) is 0 Å². The molecule has 2 aliphatic heterocycles. The average molecular weight is 383 g/mol. The fraction of sp³-hybridized carbons (Fsp3) is 0.545. The van der Waals surface area contributed by atoms with Gasteiger partial charge in [-0.25, -0.2) is 0 Å². The maximum atomic E-state index is 12.4. The van der Waals surface area contributed by atoms with E-state index in [0.717, 1.165) is 56.6 Å². The van der Waals surface area contributed by atoms with E-state index in [1.807, 2.05) is 38.4 Å². The Morgan fingerprint density at radius 1 is 1.36 bits per heavy atom. The summed E-state index contributed by atoms with van der Waals surface area (Å²) in [6.07, 6.45) is 8.12. The SMILES string of the molecule is Cc1cc(C)c(C(=O)NCC2CCC3(CCN(Cc4cccnc4)CC3)O2)[nH]1. The van der Waals surface area contributed by atoms with Crippen molar-refractivity contribution in [3.63, 3.8) is 0 Å². The zero-order valence-electron chi connectivity index (χ0n) is 16.8. The standard InChI is InChI=1S/C22H30N4O2/c1-16-12-17(2)25-20(16)21(27)24-14-19-5-6-22(28-19)7-10-26(11-8-22)15-18-4-3-9-23-13-18/h3-4,9,12-13,19,25H,5-8,10-11,14-15H2,1-2H3,(H,24,27). The third kappa shape index (κ3) is 4.28. The number of hydrogen-bond acceptors (Lipinski definition) is 4. The van der Waals surface area contributed by atoms with Crippen molar-refractivity contribution < 1.29 is 9.53 Å². The van der Waals surface area contributed by atoms with Crippen molar-refractivity contribution in [2.24, 2.45) is 0 Å². The Kier molecular flexibility index (Phi) is 5.51. The predicted molar refractivity (Wildman–Crippen MR) is 108 cm³/mol. The largest absolute Gasteiger partial charge is 0.370 e. The molecule has 28 heavy (non-hydrogen) atoms. The lowest BCUT2D eigenvalue weighted by Crippen LogP contribution is -2.44. The Bertz CT molecular complexity index is 809. The van der Waals surface area contributed by atoms with E-state index in [1.54, 1.807) is 0 Å². The van der Waals surface area contributed by atoms with Crippen molar-refractivity contribution in [1.29, 1.82) is 0 Å². The summed E-state index contributed by atoms with van der Waals surface area (Å²) in [6.45, 7) is 7.56. The molecule has 2 aromatic heterocycles. The normalized spacial score (nSPS) is 21.9. The minimum absolute atomic E-state index is 0.000229. The second kappa shape index (κ2) is 8.05. The van der Waals surface area contributed by atoms with Crippen molar-refractivity contribution in [3.05, 3.63) is 53.1 Å². The molecule has 1 amide bonds. The van der Waals surface area contributed by atoms with Crippen LogP contribution >= 0.6 is 0 Å². The van der Waals surface area contributed by atoms with Crippen molar-refractivity contribution in [3.8, 4) is 0 Å². The molecule has 2 fully saturated rings. The fourth-order valence-corrected chi connectivity index (χ4v) is 4.54. The molecule has 1 spiro atoms. The van der Waals surface area contributed by atoms with Crippen LogP contribution in [0.3, 0.4) is 0 Å². The molecule has 150 valence electrons. The number of nitrogens with one attached hydrogen (secondary N) is 2. The quantitative estimate of drug-likeness (QED) is 0.834. The summed E-state index contributed by atoms with van der Waals surface area (Å²) in [5.41, 5.74) is 3.92. The first-order chi connectivity index (χ1) is 13.5. The van der Waals surface area contributed by atoms with Crippen LogP contribution < -0.4 is 5.32 Å². The summed E-state index contributed by atoms with van der Waals surface area (Å²) in [6, 6.07) is 6.13. The highest BCUT2D eigenvalue weighted by atomic mass is 16.5. The van der Waals surface area contributed by atoms with Crippen LogP contribution in [0.25, 0.3) is 0 Å². The van der Waals surface area contributed by atoms with Crippen molar-refractivity contribution >= 4 is 5.91 Å². The molecule has 4 heterocycles. The van der Waals surface area contributed by atoms with Gasteiger partial charge in [0.15, 0.2) is 0 Å². The lowest BCUT2D eigenvalue weighted by atomic mass is 9.88. The van der Waals surface area contributed by atoms with E-state index < -0.39 is 0 Å². The van der Waals surface area contributed by atoms with Gasteiger partial charge in [0.1, 0.15) is 5.69 Å². The van der Waals surface area contributed by atoms with Gasteiger partial charge in [0.05, 0.1) is 11.7 Å². The molecular formula is C22H30N4O2. The molecule has 0 radical (unpaired) electrons. The Morgan fingerprint density at radius 3 is 2.86 bits per heavy atom. The Balaban J connectivity index is 1.24. The first kappa shape index (κ1) is 19.2. The van der Waals surface area contributed by atoms with Crippen molar-refractivity contribution in [2.75, 3.05) is 19.6 Å². The molecule has 0 aliphatic carbocycles. The summed E-state index contributed by atoms with van der Waals surface area (Å²) < 4.78 is 6.45. The van der Waals surface area contributed by atoms with E-state index in [-0.39, 0.29) is 17.6 Å². The minimum Gasteiger partial charge on any atom is -0.370 e. The molecule has 2 aliphatic rings. The Hall–Kier alpha value is -2.18. The van der Waals surface area contributed by atoms with E-state index in [2.05, 4.69) is 26.3 Å². The topological polar surface area (TPSA) is 70.2 Å². The van der Waals surface area contributed by atoms with Gasteiger partial charge in [-0.05, 0) is 62.8 Å². The number of aryl methyl sites for hydroxylation is 2. The van der Waals surface area contributed by atoms with Crippen LogP contribution in [0.1, 0.15) is 53.0 Å². The van der Waals surface area contributed by atoms with Crippen LogP contribution in [-0.2, 0) is 11.3 Å². The molecule has 6 nitrogen and oxygen atoms in total. The van der Waals surface area contributed by atoms with Gasteiger partial charge in [-0.1, -0.05) is 6.07 Å². The number of aromatic amines is 1. The summed E-state index contributed by atoms with van der Waals surface area (Å²) in [5.74, 6) is -0.0403. The van der Waals surface area contributed by atoms with Gasteiger partial charge in [-0.3, -0.25) is 14.7 Å². The monoisotopic (exact) mass is 382 g/mol. The fourth-order valence-electron chi connectivity index (χ4n) is 4.54. The first-order valence-electron chi connectivity index (χ1n) is 10.3. The number of pyridine rings is 1. The third-order valence-corrected chi connectivity index (χ3v) is 6.10. The molecule has 2 N–H and O–H groups in total. The number of H-pyrrole nitrogens is 1. The number of hydrogen-bond donors (Lipinski definition) is 2. The molecule has 2 aromatic rings. The molecule has 6 heteroatoms. The molecule has 1 atom stereocenters. The second-order valence-electron chi connectivity index (χ2n) is 8.32. The summed E-state index contributed by atoms with van der Waals surface area (Å²) in [4.78, 5) is 22.2. The number of rotatable bonds is 5. The Morgan fingerprint density at radius 2 is 2.18 bits per heavy atom. The molecular weight excluding hydrogens is 352 g/mol. The van der Waals surface area contributed by atoms with Crippen LogP contribution in [0.4, 0.5) is 0 Å². The van der Waals surface area contributed by atoms with Crippen LogP contribution in [0.15, 0.2) is 30.6 Å². The van der Waals surface area contributed by atoms with Crippen LogP contribution in [0, 0.1) is 13.8 Å². The summed E-state index contributed by atoms with van der Waals surface area (Å²) >= 11 is 0. The molecule has 1 unspecified atom stereocenters. The van der Waals surface area contributed by atoms with Crippen molar-refractivity contribution in [1.82, 2.24) is 20.2 Å². The molecule has 4 rings (SSSR count). The molecule has 0 bridgehead atoms. The molecule has 0 saturated carbocycles. The van der Waals surface area contributed by atoms with Gasteiger partial charge in [-0.15, -0.1) is 0 Å². The van der Waals surface area contributed by atoms with Gasteiger partial charge < -0.3 is 15.0 Å². The highest BCUT2D eigenvalue weighted by Crippen LogP contribution is 2.39. The van der Waals surface area contributed by atoms with E-state index in [9.17, 15) is 4.79 Å². The van der Waals surface area contributed by atoms with Crippen LogP contribution in [0.5, 0.6) is 0 Å². The maximum absolute atomic E-state index is 12.4. The van der Waals surface area contributed by atoms with Gasteiger partial charge in [-0.2, -0.15) is 0 Å². The highest BCUT2D eigenvalue weighted by molar-refractivity contribution is 5.94. The number of aromatic nitrogens is 2. The summed E-state index contributed by atoms with van der Waals surface area (Å²) in [5, 5.41) is 3.05. The molecule has 0 aromatic carbocycles. The number of ether oxygens (including phenoxy) is 1. The number of amides is 1. The lowest BCUT2D eigenvalue weighted by molar-refractivity contribution is -0.0764. The van der Waals surface area contributed by atoms with E-state index in [4.69, 9.17) is 4.74 Å². The lowest BCUT2D eigenvalue weighted by Gasteiger charge is -2.39. The first-order valence-corrected chi connectivity index (χ1v) is 10.3. The number of carbonyl (C=O) groups is 1. The number of piperidine rings is 1. The highest BCUT2D eigenvalue weighted by Gasteiger charge is 2.42. The zero-order valence-corrected chi connectivity index (χ0v) is 16.8. The average Bonchev–Trinajstić information content (AvgIpc) is 3.25. The van der Waals surface area contributed by atoms with Gasteiger partial charge in [0.25, 0.3) is 5.91 Å².